The molecule has 0 aliphatic rings. The van der Waals surface area contributed by atoms with E-state index in [4.69, 9.17) is 5.73 Å². The average molecular weight is 277 g/mol. The van der Waals surface area contributed by atoms with Gasteiger partial charge in [0.05, 0.1) is 5.69 Å². The molecule has 7 heteroatoms. The number of rotatable bonds is 4. The minimum Gasteiger partial charge on any atom is -0.330 e. The molecular formula is C11H11N5S2. The number of hydrogen-bond acceptors (Lipinski definition) is 6. The molecule has 92 valence electrons. The second kappa shape index (κ2) is 5.05. The molecule has 0 aliphatic carbocycles. The quantitative estimate of drug-likeness (QED) is 0.788. The molecule has 0 unspecified atom stereocenters. The lowest BCUT2D eigenvalue weighted by Crippen LogP contribution is -2.05. The van der Waals surface area contributed by atoms with E-state index in [9.17, 15) is 0 Å². The Labute approximate surface area is 112 Å². The third-order valence-electron chi connectivity index (χ3n) is 2.50. The molecule has 0 spiro atoms. The van der Waals surface area contributed by atoms with Gasteiger partial charge < -0.3 is 10.1 Å². The van der Waals surface area contributed by atoms with Crippen molar-refractivity contribution in [2.75, 3.05) is 6.54 Å². The lowest BCUT2D eigenvalue weighted by Gasteiger charge is -2.01. The van der Waals surface area contributed by atoms with Crippen LogP contribution in [0.2, 0.25) is 0 Å². The van der Waals surface area contributed by atoms with Gasteiger partial charge in [-0.2, -0.15) is 4.37 Å². The third kappa shape index (κ3) is 2.12. The zero-order valence-corrected chi connectivity index (χ0v) is 11.1. The summed E-state index contributed by atoms with van der Waals surface area (Å²) in [6.07, 6.45) is 4.37. The highest BCUT2D eigenvalue weighted by Gasteiger charge is 2.13. The van der Waals surface area contributed by atoms with Crippen molar-refractivity contribution in [1.29, 1.82) is 0 Å². The highest BCUT2D eigenvalue weighted by Crippen LogP contribution is 2.31. The van der Waals surface area contributed by atoms with Crippen molar-refractivity contribution in [3.8, 4) is 0 Å². The molecule has 0 saturated carbocycles. The van der Waals surface area contributed by atoms with Gasteiger partial charge in [-0.1, -0.05) is 6.07 Å². The highest BCUT2D eigenvalue weighted by atomic mass is 32.2. The second-order valence-electron chi connectivity index (χ2n) is 3.64. The van der Waals surface area contributed by atoms with Crippen molar-refractivity contribution in [3.05, 3.63) is 36.4 Å². The number of aromatic nitrogens is 4. The third-order valence-corrected chi connectivity index (χ3v) is 4.23. The van der Waals surface area contributed by atoms with Crippen LogP contribution in [0.1, 0.15) is 5.69 Å². The van der Waals surface area contributed by atoms with Crippen LogP contribution in [0.3, 0.4) is 0 Å². The molecule has 0 atom stereocenters. The minimum absolute atomic E-state index is 0.604. The molecule has 3 heterocycles. The van der Waals surface area contributed by atoms with Gasteiger partial charge in [-0.25, -0.2) is 9.97 Å². The van der Waals surface area contributed by atoms with E-state index >= 15 is 0 Å². The molecule has 0 amide bonds. The molecule has 18 heavy (non-hydrogen) atoms. The van der Waals surface area contributed by atoms with E-state index in [1.807, 2.05) is 24.4 Å². The van der Waals surface area contributed by atoms with E-state index in [-0.39, 0.29) is 0 Å². The Kier molecular flexibility index (Phi) is 3.26. The molecule has 3 rings (SSSR count). The first kappa shape index (κ1) is 11.6. The van der Waals surface area contributed by atoms with Gasteiger partial charge in [-0.15, -0.1) is 0 Å². The Morgan fingerprint density at radius 3 is 3.11 bits per heavy atom. The van der Waals surface area contributed by atoms with Crippen LogP contribution in [0.15, 0.2) is 40.1 Å². The molecule has 0 radical (unpaired) electrons. The van der Waals surface area contributed by atoms with Gasteiger partial charge in [0, 0.05) is 12.6 Å². The van der Waals surface area contributed by atoms with Crippen molar-refractivity contribution in [2.24, 2.45) is 5.73 Å². The van der Waals surface area contributed by atoms with Crippen LogP contribution in [-0.4, -0.2) is 25.3 Å². The van der Waals surface area contributed by atoms with Crippen molar-refractivity contribution in [3.63, 3.8) is 0 Å². The molecule has 5 nitrogen and oxygen atoms in total. The van der Waals surface area contributed by atoms with Gasteiger partial charge in [0.25, 0.3) is 0 Å². The van der Waals surface area contributed by atoms with E-state index in [0.717, 1.165) is 27.1 Å². The van der Waals surface area contributed by atoms with Gasteiger partial charge in [-0.3, -0.25) is 0 Å². The van der Waals surface area contributed by atoms with Crippen LogP contribution in [0.4, 0.5) is 0 Å². The fraction of sp³-hybridized carbons (Fsp3) is 0.182. The summed E-state index contributed by atoms with van der Waals surface area (Å²) < 4.78 is 6.98. The van der Waals surface area contributed by atoms with Crippen molar-refractivity contribution < 1.29 is 0 Å². The number of imidazole rings is 1. The summed E-state index contributed by atoms with van der Waals surface area (Å²) in [6, 6.07) is 5.96. The molecular weight excluding hydrogens is 266 g/mol. The first-order valence-electron chi connectivity index (χ1n) is 5.49. The number of hydrogen-bond donors (Lipinski definition) is 1. The first-order valence-corrected chi connectivity index (χ1v) is 7.08. The Hall–Kier alpha value is -1.44. The molecule has 0 aromatic carbocycles. The maximum absolute atomic E-state index is 5.68. The Morgan fingerprint density at radius 1 is 1.39 bits per heavy atom. The summed E-state index contributed by atoms with van der Waals surface area (Å²) in [5, 5.41) is 0.961. The zero-order valence-electron chi connectivity index (χ0n) is 9.48. The van der Waals surface area contributed by atoms with Gasteiger partial charge in [-0.05, 0) is 42.0 Å². The smallest absolute Gasteiger partial charge is 0.176 e. The topological polar surface area (TPSA) is 69.1 Å². The molecule has 0 saturated heterocycles. The lowest BCUT2D eigenvalue weighted by atomic mass is 10.3. The van der Waals surface area contributed by atoms with E-state index in [1.165, 1.54) is 11.5 Å². The van der Waals surface area contributed by atoms with E-state index in [2.05, 4.69) is 18.7 Å². The van der Waals surface area contributed by atoms with Crippen molar-refractivity contribution in [2.45, 2.75) is 15.8 Å². The van der Waals surface area contributed by atoms with Crippen LogP contribution in [0.25, 0.3) is 5.65 Å². The predicted octanol–water partition coefficient (Wildman–Crippen LogP) is 1.84. The van der Waals surface area contributed by atoms with Gasteiger partial charge >= 0.3 is 0 Å². The summed E-state index contributed by atoms with van der Waals surface area (Å²) in [5.74, 6) is 0. The molecule has 0 fully saturated rings. The van der Waals surface area contributed by atoms with E-state index in [1.54, 1.807) is 18.1 Å². The zero-order chi connectivity index (χ0) is 12.4. The van der Waals surface area contributed by atoms with E-state index < -0.39 is 0 Å². The van der Waals surface area contributed by atoms with Crippen LogP contribution in [0.5, 0.6) is 0 Å². The molecule has 0 aliphatic heterocycles. The molecule has 3 aromatic heterocycles. The normalized spacial score (nSPS) is 11.2. The van der Waals surface area contributed by atoms with Gasteiger partial charge in [0.2, 0.25) is 0 Å². The first-order chi connectivity index (χ1) is 8.88. The maximum Gasteiger partial charge on any atom is 0.176 e. The van der Waals surface area contributed by atoms with E-state index in [0.29, 0.717) is 6.54 Å². The number of pyridine rings is 1. The highest BCUT2D eigenvalue weighted by molar-refractivity contribution is 8.00. The SMILES string of the molecule is NCCc1c(Sc2ncns2)nc2ccccn12. The van der Waals surface area contributed by atoms with Crippen molar-refractivity contribution in [1.82, 2.24) is 18.7 Å². The summed E-state index contributed by atoms with van der Waals surface area (Å²) in [6.45, 7) is 0.604. The van der Waals surface area contributed by atoms with Crippen LogP contribution >= 0.6 is 23.3 Å². The standard InChI is InChI=1S/C11H11N5S2/c12-5-4-8-10(17-11-13-7-14-18-11)15-9-3-1-2-6-16(8)9/h1-3,6-7H,4-5,12H2. The summed E-state index contributed by atoms with van der Waals surface area (Å²) >= 11 is 2.92. The maximum atomic E-state index is 5.68. The molecule has 3 aromatic rings. The van der Waals surface area contributed by atoms with Crippen LogP contribution in [-0.2, 0) is 6.42 Å². The Balaban J connectivity index is 2.06. The van der Waals surface area contributed by atoms with Gasteiger partial charge in [0.1, 0.15) is 17.0 Å². The summed E-state index contributed by atoms with van der Waals surface area (Å²) in [4.78, 5) is 8.79. The largest absolute Gasteiger partial charge is 0.330 e. The molecule has 0 bridgehead atoms. The average Bonchev–Trinajstić information content (AvgIpc) is 3.00. The summed E-state index contributed by atoms with van der Waals surface area (Å²) in [7, 11) is 0. The minimum atomic E-state index is 0.604. The Bertz CT molecular complexity index is 647. The fourth-order valence-electron chi connectivity index (χ4n) is 1.76. The number of fused-ring (bicyclic) bond motifs is 1. The van der Waals surface area contributed by atoms with Crippen LogP contribution < -0.4 is 5.73 Å². The lowest BCUT2D eigenvalue weighted by molar-refractivity contribution is 0.876. The fourth-order valence-corrected chi connectivity index (χ4v) is 3.28. The Morgan fingerprint density at radius 2 is 2.33 bits per heavy atom. The molecule has 2 N–H and O–H groups in total. The second-order valence-corrected chi connectivity index (χ2v) is 5.66. The monoisotopic (exact) mass is 277 g/mol. The van der Waals surface area contributed by atoms with Crippen molar-refractivity contribution >= 4 is 28.9 Å². The van der Waals surface area contributed by atoms with Crippen LogP contribution in [0, 0.1) is 0 Å². The predicted molar refractivity (Wildman–Crippen MR) is 72.0 cm³/mol. The number of nitrogens with zero attached hydrogens (tertiary/aromatic N) is 4. The van der Waals surface area contributed by atoms with Gasteiger partial charge in [0.15, 0.2) is 4.34 Å². The summed E-state index contributed by atoms with van der Waals surface area (Å²) in [5.41, 5.74) is 7.75. The number of nitrogens with two attached hydrogens (primary N) is 1.